The van der Waals surface area contributed by atoms with Crippen molar-refractivity contribution in [1.29, 1.82) is 0 Å². The Kier molecular flexibility index (Phi) is 16.7. The zero-order chi connectivity index (χ0) is 36.9. The molecule has 1 fully saturated rings. The highest BCUT2D eigenvalue weighted by Crippen LogP contribution is 2.41. The van der Waals surface area contributed by atoms with Crippen molar-refractivity contribution in [3.8, 4) is 11.5 Å². The van der Waals surface area contributed by atoms with Crippen molar-refractivity contribution in [3.05, 3.63) is 23.8 Å². The fraction of sp³-hybridized carbons (Fsp3) is 0.763. The first kappa shape index (κ1) is 42.1. The number of methoxy groups -OCH3 is 2. The second-order valence-corrected chi connectivity index (χ2v) is 15.3. The molecule has 0 aliphatic carbocycles. The first-order chi connectivity index (χ1) is 22.9. The predicted octanol–water partition coefficient (Wildman–Crippen LogP) is 6.36. The molecular weight excluding hydrogens is 626 g/mol. The Morgan fingerprint density at radius 3 is 2.24 bits per heavy atom. The third-order valence-electron chi connectivity index (χ3n) is 9.12. The Hall–Kier alpha value is -3.05. The van der Waals surface area contributed by atoms with Gasteiger partial charge in [0, 0.05) is 46.1 Å². The van der Waals surface area contributed by atoms with Crippen molar-refractivity contribution in [3.63, 3.8) is 0 Å². The second kappa shape index (κ2) is 19.4. The predicted molar refractivity (Wildman–Crippen MR) is 192 cm³/mol. The molecule has 4 atom stereocenters. The van der Waals surface area contributed by atoms with Gasteiger partial charge in [-0.3, -0.25) is 14.5 Å². The van der Waals surface area contributed by atoms with Gasteiger partial charge >= 0.3 is 6.09 Å². The molecule has 1 aliphatic heterocycles. The van der Waals surface area contributed by atoms with Gasteiger partial charge in [0.05, 0.1) is 25.9 Å². The smallest absolute Gasteiger partial charge is 0.412 e. The lowest BCUT2D eigenvalue weighted by Gasteiger charge is -2.37. The molecule has 1 aromatic rings. The van der Waals surface area contributed by atoms with Crippen LogP contribution in [0.1, 0.15) is 100.0 Å². The number of nitrogens with zero attached hydrogens (tertiary/aromatic N) is 1. The van der Waals surface area contributed by atoms with Crippen LogP contribution < -0.4 is 20.1 Å². The number of hydrogen-bond acceptors (Lipinski definition) is 8. The Balaban J connectivity index is 2.41. The van der Waals surface area contributed by atoms with E-state index in [2.05, 4.69) is 30.5 Å². The van der Waals surface area contributed by atoms with Gasteiger partial charge in [0.1, 0.15) is 11.3 Å². The largest absolute Gasteiger partial charge is 0.493 e. The van der Waals surface area contributed by atoms with E-state index in [1.807, 2.05) is 60.6 Å². The molecule has 0 bridgehead atoms. The first-order valence-corrected chi connectivity index (χ1v) is 17.9. The summed E-state index contributed by atoms with van der Waals surface area (Å²) < 4.78 is 29.5. The Bertz CT molecular complexity index is 1200. The molecule has 0 radical (unpaired) electrons. The molecule has 0 spiro atoms. The standard InChI is InChI=1S/C38H65N3O8/c1-25(2)28(21-27-16-17-31(46-12)33(22-27)47-20-14-19-45-11)23-30-32(48-38(8,9)41(30)36(44)49-37(5,6)7)24-29(26(3)4)35(43)40-18-13-15-34(42)39-10/h16-17,22,25-26,28-30,32H,13-15,18-21,23-24H2,1-12H3,(H,39,42)(H,40,43)/t28-,29-,30-,32-/m0/s1. The molecule has 2 N–H and O–H groups in total. The maximum atomic E-state index is 13.9. The molecule has 280 valence electrons. The van der Waals surface area contributed by atoms with E-state index >= 15 is 0 Å². The van der Waals surface area contributed by atoms with Crippen LogP contribution in [0.3, 0.4) is 0 Å². The Morgan fingerprint density at radius 1 is 0.980 bits per heavy atom. The molecule has 1 heterocycles. The molecule has 49 heavy (non-hydrogen) atoms. The number of amides is 3. The van der Waals surface area contributed by atoms with Crippen molar-refractivity contribution < 1.29 is 38.1 Å². The van der Waals surface area contributed by atoms with Crippen molar-refractivity contribution in [2.75, 3.05) is 41.0 Å². The van der Waals surface area contributed by atoms with Gasteiger partial charge in [0.25, 0.3) is 0 Å². The summed E-state index contributed by atoms with van der Waals surface area (Å²) in [4.78, 5) is 40.8. The summed E-state index contributed by atoms with van der Waals surface area (Å²) in [6, 6.07) is 5.72. The molecule has 2 rings (SSSR count). The molecule has 0 saturated carbocycles. The van der Waals surface area contributed by atoms with Gasteiger partial charge in [0.15, 0.2) is 11.5 Å². The van der Waals surface area contributed by atoms with E-state index < -0.39 is 23.5 Å². The van der Waals surface area contributed by atoms with Gasteiger partial charge in [-0.2, -0.15) is 0 Å². The summed E-state index contributed by atoms with van der Waals surface area (Å²) >= 11 is 0. The van der Waals surface area contributed by atoms with Gasteiger partial charge in [0.2, 0.25) is 11.8 Å². The van der Waals surface area contributed by atoms with Crippen LogP contribution >= 0.6 is 0 Å². The highest BCUT2D eigenvalue weighted by molar-refractivity contribution is 5.79. The number of rotatable bonds is 19. The van der Waals surface area contributed by atoms with Gasteiger partial charge in [-0.1, -0.05) is 33.8 Å². The maximum absolute atomic E-state index is 13.9. The number of ether oxygens (including phenoxy) is 5. The summed E-state index contributed by atoms with van der Waals surface area (Å²) in [5.41, 5.74) is -0.532. The van der Waals surface area contributed by atoms with Crippen LogP contribution in [0.25, 0.3) is 0 Å². The van der Waals surface area contributed by atoms with Crippen molar-refractivity contribution >= 4 is 17.9 Å². The Labute approximate surface area is 295 Å². The van der Waals surface area contributed by atoms with Crippen LogP contribution in [-0.2, 0) is 30.2 Å². The summed E-state index contributed by atoms with van der Waals surface area (Å²) in [5.74, 6) is 1.38. The fourth-order valence-corrected chi connectivity index (χ4v) is 6.40. The third kappa shape index (κ3) is 13.3. The molecule has 11 nitrogen and oxygen atoms in total. The highest BCUT2D eigenvalue weighted by atomic mass is 16.6. The molecule has 1 saturated heterocycles. The van der Waals surface area contributed by atoms with Crippen LogP contribution in [0.5, 0.6) is 11.5 Å². The molecule has 0 aromatic heterocycles. The monoisotopic (exact) mass is 691 g/mol. The molecule has 1 aliphatic rings. The maximum Gasteiger partial charge on any atom is 0.412 e. The SMILES string of the molecule is CNC(=O)CCCNC(=O)[C@@H](C[C@@H]1OC(C)(C)N(C(=O)OC(C)(C)C)[C@H]1C[C@H](Cc1ccc(OC)c(OCCCOC)c1)C(C)C)C(C)C. The zero-order valence-electron chi connectivity index (χ0n) is 32.3. The van der Waals surface area contributed by atoms with Crippen molar-refractivity contribution in [2.45, 2.75) is 124 Å². The average molecular weight is 692 g/mol. The molecule has 0 unspecified atom stereocenters. The Morgan fingerprint density at radius 2 is 1.67 bits per heavy atom. The van der Waals surface area contributed by atoms with Gasteiger partial charge in [-0.05, 0) is 95.8 Å². The van der Waals surface area contributed by atoms with E-state index in [0.29, 0.717) is 56.9 Å². The number of benzene rings is 1. The normalized spacial score (nSPS) is 18.7. The summed E-state index contributed by atoms with van der Waals surface area (Å²) in [6.07, 6.45) is 2.69. The minimum atomic E-state index is -0.950. The zero-order valence-corrected chi connectivity index (χ0v) is 32.3. The number of hydrogen-bond donors (Lipinski definition) is 2. The second-order valence-electron chi connectivity index (χ2n) is 15.3. The van der Waals surface area contributed by atoms with E-state index in [1.54, 1.807) is 26.2 Å². The van der Waals surface area contributed by atoms with Crippen LogP contribution in [0.2, 0.25) is 0 Å². The van der Waals surface area contributed by atoms with E-state index in [9.17, 15) is 14.4 Å². The fourth-order valence-electron chi connectivity index (χ4n) is 6.40. The van der Waals surface area contributed by atoms with E-state index in [0.717, 1.165) is 18.4 Å². The van der Waals surface area contributed by atoms with Crippen LogP contribution in [0.15, 0.2) is 18.2 Å². The minimum absolute atomic E-state index is 0.0318. The third-order valence-corrected chi connectivity index (χ3v) is 9.12. The summed E-state index contributed by atoms with van der Waals surface area (Å²) in [6.45, 7) is 19.4. The van der Waals surface area contributed by atoms with Crippen LogP contribution in [-0.4, -0.2) is 87.3 Å². The lowest BCUT2D eigenvalue weighted by molar-refractivity contribution is -0.129. The van der Waals surface area contributed by atoms with Gasteiger partial charge in [-0.25, -0.2) is 4.79 Å². The topological polar surface area (TPSA) is 125 Å². The number of carbonyl (C=O) groups is 3. The summed E-state index contributed by atoms with van der Waals surface area (Å²) in [7, 11) is 4.92. The molecule has 11 heteroatoms. The quantitative estimate of drug-likeness (QED) is 0.161. The molecule has 3 amide bonds. The van der Waals surface area contributed by atoms with Crippen LogP contribution in [0, 0.1) is 23.7 Å². The number of carbonyl (C=O) groups excluding carboxylic acids is 3. The van der Waals surface area contributed by atoms with Gasteiger partial charge in [-0.15, -0.1) is 0 Å². The lowest BCUT2D eigenvalue weighted by Crippen LogP contribution is -2.51. The molecular formula is C38H65N3O8. The van der Waals surface area contributed by atoms with E-state index in [4.69, 9.17) is 23.7 Å². The van der Waals surface area contributed by atoms with Gasteiger partial charge < -0.3 is 34.3 Å². The van der Waals surface area contributed by atoms with E-state index in [-0.39, 0.29) is 41.5 Å². The minimum Gasteiger partial charge on any atom is -0.493 e. The first-order valence-electron chi connectivity index (χ1n) is 17.9. The lowest BCUT2D eigenvalue weighted by atomic mass is 9.80. The summed E-state index contributed by atoms with van der Waals surface area (Å²) in [5, 5.41) is 5.65. The van der Waals surface area contributed by atoms with Crippen molar-refractivity contribution in [1.82, 2.24) is 15.5 Å². The van der Waals surface area contributed by atoms with Crippen LogP contribution in [0.4, 0.5) is 4.79 Å². The van der Waals surface area contributed by atoms with E-state index in [1.165, 1.54) is 0 Å². The average Bonchev–Trinajstić information content (AvgIpc) is 3.27. The molecule has 1 aromatic carbocycles. The van der Waals surface area contributed by atoms with Crippen molar-refractivity contribution in [2.24, 2.45) is 23.7 Å². The highest BCUT2D eigenvalue weighted by Gasteiger charge is 2.52. The number of nitrogens with one attached hydrogen (secondary N) is 2.